The van der Waals surface area contributed by atoms with Crippen molar-refractivity contribution in [1.82, 2.24) is 18.3 Å². The highest BCUT2D eigenvalue weighted by molar-refractivity contribution is 6.26. The molecular weight excluding hydrogens is 1500 g/mol. The van der Waals surface area contributed by atoms with Crippen LogP contribution in [0.3, 0.4) is 0 Å². The van der Waals surface area contributed by atoms with Crippen LogP contribution in [-0.4, -0.2) is 18.3 Å². The van der Waals surface area contributed by atoms with Gasteiger partial charge in [-0.25, -0.2) is 0 Å². The predicted molar refractivity (Wildman–Crippen MR) is 525 cm³/mol. The summed E-state index contributed by atoms with van der Waals surface area (Å²) >= 11 is 0. The Morgan fingerprint density at radius 3 is 0.782 bits per heavy atom. The van der Waals surface area contributed by atoms with Gasteiger partial charge in [-0.05, 0) is 261 Å². The fraction of sp³-hybridized carbons (Fsp3) is 0.0167. The molecule has 20 aromatic carbocycles. The first-order valence-corrected chi connectivity index (χ1v) is 43.1. The second-order valence-electron chi connectivity index (χ2n) is 33.4. The Kier molecular flexibility index (Phi) is 16.5. The molecule has 0 N–H and O–H groups in total. The summed E-state index contributed by atoms with van der Waals surface area (Å²) in [6, 6.07) is 162. The molecule has 124 heavy (non-hydrogen) atoms. The van der Waals surface area contributed by atoms with Gasteiger partial charge in [-0.15, -0.1) is 0 Å². The fourth-order valence-electron chi connectivity index (χ4n) is 20.4. The minimum atomic E-state index is 0.212. The Balaban J connectivity index is 0.473. The van der Waals surface area contributed by atoms with E-state index >= 15 is 0 Å². The molecule has 0 bridgehead atoms. The summed E-state index contributed by atoms with van der Waals surface area (Å²) in [4.78, 5) is 0. The molecule has 24 aromatic rings. The molecule has 0 aliphatic heterocycles. The molecular formula is C120H78N4. The van der Waals surface area contributed by atoms with Crippen molar-refractivity contribution in [2.45, 2.75) is 12.3 Å². The van der Waals surface area contributed by atoms with Crippen molar-refractivity contribution in [2.75, 3.05) is 0 Å². The monoisotopic (exact) mass is 1570 g/mol. The van der Waals surface area contributed by atoms with Crippen LogP contribution in [-0.2, 0) is 0 Å². The normalized spacial score (nSPS) is 13.1. The number of nitrogens with zero attached hydrogens (tertiary/aromatic N) is 4. The van der Waals surface area contributed by atoms with E-state index in [1.54, 1.807) is 0 Å². The minimum Gasteiger partial charge on any atom is -0.309 e. The molecule has 0 saturated carbocycles. The second kappa shape index (κ2) is 28.8. The van der Waals surface area contributed by atoms with Crippen molar-refractivity contribution in [3.63, 3.8) is 0 Å². The number of para-hydroxylation sites is 4. The van der Waals surface area contributed by atoms with Gasteiger partial charge in [0, 0.05) is 71.8 Å². The van der Waals surface area contributed by atoms with Crippen molar-refractivity contribution >= 4 is 125 Å². The predicted octanol–water partition coefficient (Wildman–Crippen LogP) is 32.3. The third-order valence-electron chi connectivity index (χ3n) is 26.6. The van der Waals surface area contributed by atoms with Crippen LogP contribution >= 0.6 is 0 Å². The molecule has 1 atom stereocenters. The van der Waals surface area contributed by atoms with Crippen molar-refractivity contribution in [3.8, 4) is 101 Å². The molecule has 1 aliphatic carbocycles. The van der Waals surface area contributed by atoms with Gasteiger partial charge in [-0.3, -0.25) is 0 Å². The molecule has 4 aromatic heterocycles. The van der Waals surface area contributed by atoms with Crippen LogP contribution in [0, 0.1) is 0 Å². The van der Waals surface area contributed by atoms with E-state index in [1.165, 1.54) is 214 Å². The first-order valence-electron chi connectivity index (χ1n) is 43.1. The third kappa shape index (κ3) is 11.7. The minimum absolute atomic E-state index is 0.212. The van der Waals surface area contributed by atoms with Crippen molar-refractivity contribution in [1.29, 1.82) is 0 Å². The lowest BCUT2D eigenvalue weighted by molar-refractivity contribution is 0.869. The Bertz CT molecular complexity index is 8490. The van der Waals surface area contributed by atoms with Gasteiger partial charge in [0.1, 0.15) is 0 Å². The van der Waals surface area contributed by atoms with Gasteiger partial charge in [0.15, 0.2) is 0 Å². The lowest BCUT2D eigenvalue weighted by Gasteiger charge is -2.21. The molecule has 0 amide bonds. The van der Waals surface area contributed by atoms with Crippen LogP contribution < -0.4 is 0 Å². The van der Waals surface area contributed by atoms with Crippen LogP contribution in [0.1, 0.15) is 23.5 Å². The van der Waals surface area contributed by atoms with Crippen molar-refractivity contribution in [3.05, 3.63) is 466 Å². The van der Waals surface area contributed by atoms with E-state index in [4.69, 9.17) is 0 Å². The zero-order chi connectivity index (χ0) is 81.5. The highest BCUT2D eigenvalue weighted by Gasteiger charge is 2.24. The van der Waals surface area contributed by atoms with Crippen molar-refractivity contribution in [2.24, 2.45) is 0 Å². The summed E-state index contributed by atoms with van der Waals surface area (Å²) < 4.78 is 9.74. The molecule has 0 saturated heterocycles. The number of fused-ring (bicyclic) bond motifs is 18. The summed E-state index contributed by atoms with van der Waals surface area (Å²) in [7, 11) is 0. The smallest absolute Gasteiger partial charge is 0.0541 e. The molecule has 4 heterocycles. The zero-order valence-electron chi connectivity index (χ0n) is 67.9. The maximum absolute atomic E-state index is 2.49. The fourth-order valence-corrected chi connectivity index (χ4v) is 20.4. The topological polar surface area (TPSA) is 19.7 Å². The van der Waals surface area contributed by atoms with Crippen molar-refractivity contribution < 1.29 is 0 Å². The van der Waals surface area contributed by atoms with E-state index in [2.05, 4.69) is 473 Å². The number of aromatic nitrogens is 4. The lowest BCUT2D eigenvalue weighted by Crippen LogP contribution is -2.01. The van der Waals surface area contributed by atoms with E-state index in [9.17, 15) is 0 Å². The van der Waals surface area contributed by atoms with E-state index < -0.39 is 0 Å². The van der Waals surface area contributed by atoms with Gasteiger partial charge in [0.05, 0.1) is 44.1 Å². The number of hydrogen-bond donors (Lipinski definition) is 0. The quantitative estimate of drug-likeness (QED) is 0.103. The summed E-state index contributed by atoms with van der Waals surface area (Å²) in [5.41, 5.74) is 34.8. The SMILES string of the molecule is C1=CC(c2ccc3c4ccccc4c4cc(-n5c6ccccc6c6cc(-c7ccc8c(c7)c7ccccc7n8-c7ccc(-c8ccc(-c9ccccc9)cc8)cc7)ccc65)ccc4c3c2)CC(c2ccc(-c3ccc(-n4c5ccccc5c5cc(-c6ccc7c(c6)c6ccccc6n7-c6ccc(-c7ccc(-c8ccccc8)cc7)cc6)ccc54)cc3)cc2)=C1. The van der Waals surface area contributed by atoms with E-state index in [1.807, 2.05) is 0 Å². The highest BCUT2D eigenvalue weighted by Crippen LogP contribution is 2.46. The number of benzene rings is 20. The Hall–Kier alpha value is -16.1. The van der Waals surface area contributed by atoms with Gasteiger partial charge in [-0.2, -0.15) is 0 Å². The molecule has 25 rings (SSSR count). The summed E-state index contributed by atoms with van der Waals surface area (Å²) in [6.07, 6.45) is 7.89. The van der Waals surface area contributed by atoms with Crippen LogP contribution in [0.2, 0.25) is 0 Å². The third-order valence-corrected chi connectivity index (χ3v) is 26.6. The lowest BCUT2D eigenvalue weighted by atomic mass is 9.83. The molecule has 0 fully saturated rings. The number of hydrogen-bond acceptors (Lipinski definition) is 0. The maximum atomic E-state index is 2.49. The van der Waals surface area contributed by atoms with Gasteiger partial charge in [0.2, 0.25) is 0 Å². The summed E-state index contributed by atoms with van der Waals surface area (Å²) in [5.74, 6) is 0.212. The average Bonchev–Trinajstić information content (AvgIpc) is 0.905. The van der Waals surface area contributed by atoms with Gasteiger partial charge in [0.25, 0.3) is 0 Å². The van der Waals surface area contributed by atoms with E-state index in [-0.39, 0.29) is 5.92 Å². The molecule has 1 aliphatic rings. The van der Waals surface area contributed by atoms with Gasteiger partial charge < -0.3 is 18.3 Å². The second-order valence-corrected chi connectivity index (χ2v) is 33.4. The van der Waals surface area contributed by atoms with Gasteiger partial charge in [-0.1, -0.05) is 328 Å². The maximum Gasteiger partial charge on any atom is 0.0541 e. The standard InChI is InChI=1S/C120H78N4/c1-3-18-77(19-4-1)79-34-38-81(39-35-79)84-46-57-95(58-47-84)121-113-30-13-9-26-103(113)109-72-91(53-66-117(109)121)92-54-67-118-110(73-92)104-27-10-14-31-114(104)123(118)97-61-50-86(51-62-97)83-42-44-87(45-43-83)88-22-17-23-89(70-88)90-52-64-101-99-24-7-8-25-100(99)108-76-98(63-65-102(108)107(101)71-90)124-116-33-16-12-29-106(116)112-75-94(56-69-120(112)124)93-55-68-119-111(74-93)105-28-11-15-32-115(105)122(119)96-59-48-85(49-60-96)82-40-36-80(37-41-82)78-20-5-2-6-21-78/h1-69,71-76,89H,70H2. The first kappa shape index (κ1) is 70.8. The van der Waals surface area contributed by atoms with E-state index in [0.29, 0.717) is 0 Å². The molecule has 1 unspecified atom stereocenters. The summed E-state index contributed by atoms with van der Waals surface area (Å²) in [6.45, 7) is 0. The van der Waals surface area contributed by atoms with E-state index in [0.717, 1.165) is 29.2 Å². The molecule has 4 heteroatoms. The van der Waals surface area contributed by atoms with Crippen LogP contribution in [0.4, 0.5) is 0 Å². The number of rotatable bonds is 13. The molecule has 0 radical (unpaired) electrons. The van der Waals surface area contributed by atoms with Crippen LogP contribution in [0.25, 0.3) is 226 Å². The Morgan fingerprint density at radius 1 is 0.161 bits per heavy atom. The van der Waals surface area contributed by atoms with Gasteiger partial charge >= 0.3 is 0 Å². The molecule has 4 nitrogen and oxygen atoms in total. The van der Waals surface area contributed by atoms with Crippen LogP contribution in [0.5, 0.6) is 0 Å². The Morgan fingerprint density at radius 2 is 0.411 bits per heavy atom. The molecule has 0 spiro atoms. The van der Waals surface area contributed by atoms with Crippen LogP contribution in [0.15, 0.2) is 455 Å². The summed E-state index contributed by atoms with van der Waals surface area (Å²) in [5, 5.41) is 17.5. The zero-order valence-corrected chi connectivity index (χ0v) is 67.9. The average molecular weight is 1580 g/mol. The highest BCUT2D eigenvalue weighted by atomic mass is 15.0. The number of allylic oxidation sites excluding steroid dienone is 4. The molecule has 578 valence electrons. The largest absolute Gasteiger partial charge is 0.309 e. The first-order chi connectivity index (χ1) is 61.4. The Labute approximate surface area is 717 Å².